The van der Waals surface area contributed by atoms with Crippen LogP contribution in [0.4, 0.5) is 0 Å². The maximum absolute atomic E-state index is 12.6. The number of carbonyl (C=O) groups excluding carboxylic acids is 2. The molecule has 1 aromatic heterocycles. The highest BCUT2D eigenvalue weighted by atomic mass is 16.5. The molecule has 2 aliphatic heterocycles. The van der Waals surface area contributed by atoms with E-state index < -0.39 is 0 Å². The van der Waals surface area contributed by atoms with Gasteiger partial charge in [0.15, 0.2) is 0 Å². The topological polar surface area (TPSA) is 71.5 Å². The van der Waals surface area contributed by atoms with Gasteiger partial charge in [0.1, 0.15) is 0 Å². The second-order valence-electron chi connectivity index (χ2n) is 8.09. The summed E-state index contributed by atoms with van der Waals surface area (Å²) >= 11 is 0. The van der Waals surface area contributed by atoms with Gasteiger partial charge in [0.25, 0.3) is 5.91 Å². The Morgan fingerprint density at radius 1 is 1.31 bits per heavy atom. The van der Waals surface area contributed by atoms with Crippen LogP contribution in [0.1, 0.15) is 36.5 Å². The van der Waals surface area contributed by atoms with Gasteiger partial charge in [0.05, 0.1) is 12.7 Å². The number of pyridine rings is 1. The lowest BCUT2D eigenvalue weighted by Crippen LogP contribution is -2.49. The Balaban J connectivity index is 1.27. The zero-order chi connectivity index (χ0) is 18.1. The van der Waals surface area contributed by atoms with Gasteiger partial charge < -0.3 is 15.0 Å². The third kappa shape index (κ3) is 3.47. The first-order valence-electron chi connectivity index (χ1n) is 9.70. The summed E-state index contributed by atoms with van der Waals surface area (Å²) in [5.74, 6) is 2.02. The van der Waals surface area contributed by atoms with Crippen molar-refractivity contribution in [3.63, 3.8) is 0 Å². The molecule has 3 atom stereocenters. The summed E-state index contributed by atoms with van der Waals surface area (Å²) in [5, 5.41) is 2.98. The molecule has 0 spiro atoms. The number of likely N-dealkylation sites (tertiary alicyclic amines) is 1. The third-order valence-electron chi connectivity index (χ3n) is 6.24. The molecular formula is C20H27N3O3. The first-order valence-corrected chi connectivity index (χ1v) is 9.70. The van der Waals surface area contributed by atoms with E-state index in [0.717, 1.165) is 32.4 Å². The highest BCUT2D eigenvalue weighted by Crippen LogP contribution is 2.38. The van der Waals surface area contributed by atoms with Crippen molar-refractivity contribution in [1.82, 2.24) is 15.2 Å². The summed E-state index contributed by atoms with van der Waals surface area (Å²) in [6, 6.07) is 3.41. The molecule has 1 saturated carbocycles. The minimum Gasteiger partial charge on any atom is -0.376 e. The third-order valence-corrected chi connectivity index (χ3v) is 6.24. The summed E-state index contributed by atoms with van der Waals surface area (Å²) < 4.78 is 5.97. The van der Waals surface area contributed by atoms with E-state index in [1.807, 2.05) is 0 Å². The lowest BCUT2D eigenvalue weighted by molar-refractivity contribution is -0.142. The van der Waals surface area contributed by atoms with Crippen molar-refractivity contribution in [3.05, 3.63) is 30.1 Å². The summed E-state index contributed by atoms with van der Waals surface area (Å²) in [4.78, 5) is 30.8. The van der Waals surface area contributed by atoms with E-state index in [0.29, 0.717) is 42.4 Å². The predicted octanol–water partition coefficient (Wildman–Crippen LogP) is 1.72. The van der Waals surface area contributed by atoms with Gasteiger partial charge in [-0.15, -0.1) is 0 Å². The minimum atomic E-state index is -0.0915. The van der Waals surface area contributed by atoms with Crippen LogP contribution >= 0.6 is 0 Å². The number of hydrogen-bond donors (Lipinski definition) is 1. The SMILES string of the molecule is CC1CC(C(=O)N2CC[C@H]3[C@H](CO[C@H]3CNC(=O)c3ccncc3)C2)C1. The number of carbonyl (C=O) groups is 2. The molecule has 1 N–H and O–H groups in total. The molecule has 2 saturated heterocycles. The number of hydrogen-bond acceptors (Lipinski definition) is 4. The molecule has 3 aliphatic rings. The second-order valence-corrected chi connectivity index (χ2v) is 8.09. The number of nitrogens with zero attached hydrogens (tertiary/aromatic N) is 2. The molecule has 3 fully saturated rings. The largest absolute Gasteiger partial charge is 0.376 e. The molecule has 6 nitrogen and oxygen atoms in total. The number of nitrogens with one attached hydrogen (secondary N) is 1. The highest BCUT2D eigenvalue weighted by molar-refractivity contribution is 5.93. The zero-order valence-corrected chi connectivity index (χ0v) is 15.3. The van der Waals surface area contributed by atoms with Gasteiger partial charge in [-0.3, -0.25) is 14.6 Å². The average Bonchev–Trinajstić information content (AvgIpc) is 3.06. The Kier molecular flexibility index (Phi) is 4.94. The normalized spacial score (nSPS) is 33.3. The van der Waals surface area contributed by atoms with Crippen LogP contribution in [0.25, 0.3) is 0 Å². The van der Waals surface area contributed by atoms with Crippen LogP contribution in [-0.4, -0.2) is 54.0 Å². The number of ether oxygens (including phenoxy) is 1. The van der Waals surface area contributed by atoms with Crippen molar-refractivity contribution < 1.29 is 14.3 Å². The van der Waals surface area contributed by atoms with Crippen LogP contribution in [0.15, 0.2) is 24.5 Å². The summed E-state index contributed by atoms with van der Waals surface area (Å²) in [6.45, 7) is 5.06. The van der Waals surface area contributed by atoms with Crippen LogP contribution in [0.3, 0.4) is 0 Å². The van der Waals surface area contributed by atoms with Crippen molar-refractivity contribution in [3.8, 4) is 0 Å². The monoisotopic (exact) mass is 357 g/mol. The molecule has 4 rings (SSSR count). The molecule has 0 bridgehead atoms. The van der Waals surface area contributed by atoms with E-state index in [9.17, 15) is 9.59 Å². The second kappa shape index (κ2) is 7.35. The number of aromatic nitrogens is 1. The fourth-order valence-corrected chi connectivity index (χ4v) is 4.66. The zero-order valence-electron chi connectivity index (χ0n) is 15.3. The van der Waals surface area contributed by atoms with E-state index in [1.54, 1.807) is 24.5 Å². The van der Waals surface area contributed by atoms with Gasteiger partial charge in [-0.1, -0.05) is 6.92 Å². The van der Waals surface area contributed by atoms with Gasteiger partial charge >= 0.3 is 0 Å². The molecule has 140 valence electrons. The van der Waals surface area contributed by atoms with E-state index in [-0.39, 0.29) is 17.9 Å². The van der Waals surface area contributed by atoms with Crippen LogP contribution < -0.4 is 5.32 Å². The first kappa shape index (κ1) is 17.5. The number of piperidine rings is 1. The van der Waals surface area contributed by atoms with E-state index in [2.05, 4.69) is 22.1 Å². The van der Waals surface area contributed by atoms with Gasteiger partial charge in [-0.25, -0.2) is 0 Å². The lowest BCUT2D eigenvalue weighted by atomic mass is 9.74. The van der Waals surface area contributed by atoms with Crippen molar-refractivity contribution in [2.24, 2.45) is 23.7 Å². The molecule has 26 heavy (non-hydrogen) atoms. The number of rotatable bonds is 4. The van der Waals surface area contributed by atoms with Crippen molar-refractivity contribution in [2.45, 2.75) is 32.3 Å². The smallest absolute Gasteiger partial charge is 0.251 e. The Morgan fingerprint density at radius 2 is 2.08 bits per heavy atom. The molecule has 6 heteroatoms. The Bertz CT molecular complexity index is 660. The summed E-state index contributed by atoms with van der Waals surface area (Å²) in [7, 11) is 0. The van der Waals surface area contributed by atoms with Crippen LogP contribution in [0.2, 0.25) is 0 Å². The highest BCUT2D eigenvalue weighted by Gasteiger charge is 2.43. The maximum atomic E-state index is 12.6. The predicted molar refractivity (Wildman–Crippen MR) is 96.4 cm³/mol. The first-order chi connectivity index (χ1) is 12.6. The van der Waals surface area contributed by atoms with Crippen molar-refractivity contribution in [2.75, 3.05) is 26.2 Å². The fourth-order valence-electron chi connectivity index (χ4n) is 4.66. The van der Waals surface area contributed by atoms with Gasteiger partial charge in [0.2, 0.25) is 5.91 Å². The fraction of sp³-hybridized carbons (Fsp3) is 0.650. The van der Waals surface area contributed by atoms with E-state index in [1.165, 1.54) is 0 Å². The summed E-state index contributed by atoms with van der Waals surface area (Å²) in [6.07, 6.45) is 6.34. The maximum Gasteiger partial charge on any atom is 0.251 e. The Morgan fingerprint density at radius 3 is 2.81 bits per heavy atom. The average molecular weight is 357 g/mol. The Labute approximate surface area is 154 Å². The quantitative estimate of drug-likeness (QED) is 0.891. The van der Waals surface area contributed by atoms with Crippen LogP contribution in [-0.2, 0) is 9.53 Å². The molecule has 1 aliphatic carbocycles. The standard InChI is InChI=1S/C20H27N3O3/c1-13-8-15(9-13)20(25)23-7-4-17-16(11-23)12-26-18(17)10-22-19(24)14-2-5-21-6-3-14/h2-3,5-6,13,15-18H,4,7-12H2,1H3,(H,22,24)/t13?,15?,16-,17-,18-/m0/s1. The number of fused-ring (bicyclic) bond motifs is 1. The van der Waals surface area contributed by atoms with E-state index >= 15 is 0 Å². The molecule has 3 heterocycles. The van der Waals surface area contributed by atoms with Gasteiger partial charge in [0, 0.05) is 49.4 Å². The lowest BCUT2D eigenvalue weighted by Gasteiger charge is -2.40. The van der Waals surface area contributed by atoms with Crippen molar-refractivity contribution in [1.29, 1.82) is 0 Å². The van der Waals surface area contributed by atoms with Gasteiger partial charge in [-0.05, 0) is 43.2 Å². The van der Waals surface area contributed by atoms with Crippen LogP contribution in [0.5, 0.6) is 0 Å². The van der Waals surface area contributed by atoms with Gasteiger partial charge in [-0.2, -0.15) is 0 Å². The molecular weight excluding hydrogens is 330 g/mol. The molecule has 0 unspecified atom stereocenters. The molecule has 1 aromatic rings. The number of amides is 2. The molecule has 0 aromatic carbocycles. The van der Waals surface area contributed by atoms with Crippen molar-refractivity contribution >= 4 is 11.8 Å². The minimum absolute atomic E-state index is 0.0479. The van der Waals surface area contributed by atoms with Crippen LogP contribution in [0, 0.1) is 23.7 Å². The summed E-state index contributed by atoms with van der Waals surface area (Å²) in [5.41, 5.74) is 0.615. The Hall–Kier alpha value is -1.95. The van der Waals surface area contributed by atoms with E-state index in [4.69, 9.17) is 4.74 Å². The molecule has 0 radical (unpaired) electrons. The molecule has 2 amide bonds.